The molecule has 1 saturated heterocycles. The number of thiophene rings is 1. The summed E-state index contributed by atoms with van der Waals surface area (Å²) < 4.78 is 34.5. The van der Waals surface area contributed by atoms with Crippen molar-refractivity contribution in [3.8, 4) is 0 Å². The van der Waals surface area contributed by atoms with Crippen LogP contribution in [0.15, 0.2) is 41.4 Å². The van der Waals surface area contributed by atoms with Gasteiger partial charge in [0.2, 0.25) is 0 Å². The first-order chi connectivity index (χ1) is 15.0. The molecule has 0 amide bonds. The van der Waals surface area contributed by atoms with Gasteiger partial charge in [-0.1, -0.05) is 18.2 Å². The summed E-state index contributed by atoms with van der Waals surface area (Å²) in [6.45, 7) is 3.18. The lowest BCUT2D eigenvalue weighted by molar-refractivity contribution is 0.100. The van der Waals surface area contributed by atoms with E-state index in [9.17, 15) is 8.78 Å². The van der Waals surface area contributed by atoms with Crippen molar-refractivity contribution in [2.45, 2.75) is 12.5 Å². The Labute approximate surface area is 183 Å². The molecule has 2 aliphatic rings. The van der Waals surface area contributed by atoms with E-state index in [-0.39, 0.29) is 0 Å². The van der Waals surface area contributed by atoms with E-state index < -0.39 is 11.6 Å². The number of amidine groups is 1. The molecule has 1 aromatic heterocycles. The van der Waals surface area contributed by atoms with Crippen molar-refractivity contribution in [2.24, 2.45) is 4.99 Å². The molecule has 1 atom stereocenters. The van der Waals surface area contributed by atoms with Gasteiger partial charge in [0.25, 0.3) is 0 Å². The van der Waals surface area contributed by atoms with E-state index in [1.807, 2.05) is 12.1 Å². The summed E-state index contributed by atoms with van der Waals surface area (Å²) in [7, 11) is 3.85. The Kier molecular flexibility index (Phi) is 5.37. The maximum atomic E-state index is 14.1. The number of ether oxygens (including phenoxy) is 1. The topological polar surface area (TPSA) is 40.1 Å². The third-order valence-electron chi connectivity index (χ3n) is 6.06. The highest BCUT2D eigenvalue weighted by Crippen LogP contribution is 2.44. The predicted molar refractivity (Wildman–Crippen MR) is 122 cm³/mol. The van der Waals surface area contributed by atoms with Gasteiger partial charge < -0.3 is 15.0 Å². The highest BCUT2D eigenvalue weighted by Gasteiger charge is 2.31. The zero-order valence-corrected chi connectivity index (χ0v) is 18.3. The highest BCUT2D eigenvalue weighted by atomic mass is 32.1. The van der Waals surface area contributed by atoms with Crippen LogP contribution in [0.25, 0.3) is 10.1 Å². The maximum Gasteiger partial charge on any atom is 0.161 e. The molecule has 1 unspecified atom stereocenters. The molecule has 3 aromatic rings. The van der Waals surface area contributed by atoms with Gasteiger partial charge in [-0.05, 0) is 19.5 Å². The first-order valence-electron chi connectivity index (χ1n) is 10.4. The summed E-state index contributed by atoms with van der Waals surface area (Å²) in [6.07, 6.45) is 0.919. The molecule has 0 spiro atoms. The highest BCUT2D eigenvalue weighted by molar-refractivity contribution is 7.23. The van der Waals surface area contributed by atoms with Crippen molar-refractivity contribution in [3.05, 3.63) is 53.6 Å². The lowest BCUT2D eigenvalue weighted by Crippen LogP contribution is -2.53. The molecule has 0 bridgehead atoms. The van der Waals surface area contributed by atoms with Crippen LogP contribution in [-0.4, -0.2) is 62.1 Å². The SMILES string of the molecule is COCCC1CN(C2=Nc3cc(F)c(F)cc3Nc3sc4ccccc4c32)CCN1C. The predicted octanol–water partition coefficient (Wildman–Crippen LogP) is 4.97. The Morgan fingerprint density at radius 2 is 2.00 bits per heavy atom. The van der Waals surface area contributed by atoms with Crippen molar-refractivity contribution >= 4 is 43.6 Å². The second kappa shape index (κ2) is 8.18. The van der Waals surface area contributed by atoms with Crippen LogP contribution >= 0.6 is 11.3 Å². The standard InChI is InChI=1S/C23H24F2N4OS/c1-28-8-9-29(13-14(28)7-10-30-2)22-21-15-5-3-4-6-20(15)31-23(21)27-19-12-17(25)16(24)11-18(19)26-22/h3-6,11-12,14,27H,7-10,13H2,1-2H3. The molecule has 2 aliphatic heterocycles. The summed E-state index contributed by atoms with van der Waals surface area (Å²) in [5.74, 6) is -0.970. The van der Waals surface area contributed by atoms with Crippen LogP contribution in [0.5, 0.6) is 0 Å². The van der Waals surface area contributed by atoms with E-state index >= 15 is 0 Å². The van der Waals surface area contributed by atoms with E-state index in [0.717, 1.165) is 52.5 Å². The fraction of sp³-hybridized carbons (Fsp3) is 0.348. The Bertz CT molecular complexity index is 1160. The fourth-order valence-electron chi connectivity index (χ4n) is 4.31. The number of rotatable bonds is 3. The molecule has 0 saturated carbocycles. The van der Waals surface area contributed by atoms with Crippen LogP contribution in [0.2, 0.25) is 0 Å². The third kappa shape index (κ3) is 3.69. The van der Waals surface area contributed by atoms with E-state index in [1.54, 1.807) is 18.4 Å². The molecule has 3 heterocycles. The van der Waals surface area contributed by atoms with Crippen LogP contribution in [-0.2, 0) is 4.74 Å². The number of hydrogen-bond donors (Lipinski definition) is 1. The molecule has 31 heavy (non-hydrogen) atoms. The third-order valence-corrected chi connectivity index (χ3v) is 7.15. The van der Waals surface area contributed by atoms with Gasteiger partial charge in [0.05, 0.1) is 16.9 Å². The molecule has 5 rings (SSSR count). The summed E-state index contributed by atoms with van der Waals surface area (Å²) in [6, 6.07) is 10.9. The van der Waals surface area contributed by atoms with Gasteiger partial charge in [0.1, 0.15) is 10.8 Å². The van der Waals surface area contributed by atoms with Crippen molar-refractivity contribution in [2.75, 3.05) is 45.7 Å². The second-order valence-corrected chi connectivity index (χ2v) is 9.06. The molecule has 8 heteroatoms. The Hall–Kier alpha value is -2.55. The van der Waals surface area contributed by atoms with Crippen LogP contribution in [0.1, 0.15) is 12.0 Å². The zero-order chi connectivity index (χ0) is 21.5. The number of halogens is 2. The van der Waals surface area contributed by atoms with Crippen molar-refractivity contribution in [1.82, 2.24) is 9.80 Å². The minimum absolute atomic E-state index is 0.324. The van der Waals surface area contributed by atoms with Crippen molar-refractivity contribution in [3.63, 3.8) is 0 Å². The average molecular weight is 443 g/mol. The first-order valence-corrected chi connectivity index (χ1v) is 11.2. The maximum absolute atomic E-state index is 14.1. The number of piperazine rings is 1. The van der Waals surface area contributed by atoms with Gasteiger partial charge in [-0.2, -0.15) is 0 Å². The van der Waals surface area contributed by atoms with Crippen LogP contribution in [0, 0.1) is 11.6 Å². The normalized spacial score (nSPS) is 18.9. The quantitative estimate of drug-likeness (QED) is 0.622. The number of anilines is 2. The van der Waals surface area contributed by atoms with E-state index in [1.165, 1.54) is 12.1 Å². The molecule has 162 valence electrons. The number of benzene rings is 2. The number of likely N-dealkylation sites (N-methyl/N-ethyl adjacent to an activating group) is 1. The summed E-state index contributed by atoms with van der Waals surface area (Å²) in [4.78, 5) is 9.52. The number of methoxy groups -OCH3 is 1. The summed E-state index contributed by atoms with van der Waals surface area (Å²) in [5, 5.41) is 5.32. The second-order valence-electron chi connectivity index (χ2n) is 8.01. The minimum Gasteiger partial charge on any atom is -0.385 e. The summed E-state index contributed by atoms with van der Waals surface area (Å²) in [5.41, 5.74) is 1.88. The van der Waals surface area contributed by atoms with Gasteiger partial charge in [-0.25, -0.2) is 13.8 Å². The van der Waals surface area contributed by atoms with E-state index in [2.05, 4.69) is 34.3 Å². The molecule has 5 nitrogen and oxygen atoms in total. The molecule has 0 aliphatic carbocycles. The van der Waals surface area contributed by atoms with Crippen LogP contribution in [0.4, 0.5) is 25.2 Å². The number of hydrogen-bond acceptors (Lipinski definition) is 6. The molecular weight excluding hydrogens is 418 g/mol. The number of nitrogens with one attached hydrogen (secondary N) is 1. The largest absolute Gasteiger partial charge is 0.385 e. The molecule has 1 fully saturated rings. The van der Waals surface area contributed by atoms with Gasteiger partial charge in [-0.3, -0.25) is 4.90 Å². The zero-order valence-electron chi connectivity index (χ0n) is 17.5. The summed E-state index contributed by atoms with van der Waals surface area (Å²) >= 11 is 1.60. The Morgan fingerprint density at radius 3 is 2.84 bits per heavy atom. The average Bonchev–Trinajstić information content (AvgIpc) is 3.05. The lowest BCUT2D eigenvalue weighted by atomic mass is 10.1. The van der Waals surface area contributed by atoms with Crippen LogP contribution < -0.4 is 5.32 Å². The smallest absolute Gasteiger partial charge is 0.161 e. The fourth-order valence-corrected chi connectivity index (χ4v) is 5.42. The lowest BCUT2D eigenvalue weighted by Gasteiger charge is -2.41. The van der Waals surface area contributed by atoms with Gasteiger partial charge in [0.15, 0.2) is 11.6 Å². The molecular formula is C23H24F2N4OS. The minimum atomic E-state index is -0.893. The Balaban J connectivity index is 1.64. The van der Waals surface area contributed by atoms with Crippen LogP contribution in [0.3, 0.4) is 0 Å². The molecule has 2 aromatic carbocycles. The van der Waals surface area contributed by atoms with E-state index in [4.69, 9.17) is 9.73 Å². The number of nitrogens with zero attached hydrogens (tertiary/aromatic N) is 3. The van der Waals surface area contributed by atoms with Gasteiger partial charge in [-0.15, -0.1) is 11.3 Å². The number of fused-ring (bicyclic) bond motifs is 4. The first kappa shape index (κ1) is 20.4. The molecule has 0 radical (unpaired) electrons. The number of aliphatic imine (C=N–C) groups is 1. The monoisotopic (exact) mass is 442 g/mol. The van der Waals surface area contributed by atoms with E-state index in [0.29, 0.717) is 24.0 Å². The van der Waals surface area contributed by atoms with Crippen molar-refractivity contribution in [1.29, 1.82) is 0 Å². The van der Waals surface area contributed by atoms with Gasteiger partial charge >= 0.3 is 0 Å². The van der Waals surface area contributed by atoms with Gasteiger partial charge in [0, 0.05) is 61.6 Å². The molecule has 1 N–H and O–H groups in total. The van der Waals surface area contributed by atoms with Crippen molar-refractivity contribution < 1.29 is 13.5 Å². The Morgan fingerprint density at radius 1 is 1.19 bits per heavy atom.